The Morgan fingerprint density at radius 2 is 2.03 bits per heavy atom. The third-order valence-corrected chi connectivity index (χ3v) is 6.38. The van der Waals surface area contributed by atoms with Gasteiger partial charge in [0, 0.05) is 30.8 Å². The molecule has 2 aliphatic rings. The normalized spacial score (nSPS) is 20.4. The number of fused-ring (bicyclic) bond motifs is 1. The van der Waals surface area contributed by atoms with E-state index in [1.807, 2.05) is 12.3 Å². The second kappa shape index (κ2) is 6.10. The number of hydrogen-bond acceptors (Lipinski definition) is 6. The first-order valence-corrected chi connectivity index (χ1v) is 9.84. The molecule has 3 aromatic heterocycles. The lowest BCUT2D eigenvalue weighted by Gasteiger charge is -2.33. The van der Waals surface area contributed by atoms with E-state index in [0.29, 0.717) is 17.3 Å². The van der Waals surface area contributed by atoms with Crippen LogP contribution in [0.2, 0.25) is 0 Å². The average molecular weight is 390 g/mol. The van der Waals surface area contributed by atoms with Crippen molar-refractivity contribution < 1.29 is 8.81 Å². The van der Waals surface area contributed by atoms with E-state index in [4.69, 9.17) is 4.42 Å². The van der Waals surface area contributed by atoms with Crippen LogP contribution in [0.5, 0.6) is 0 Å². The predicted octanol–water partition coefficient (Wildman–Crippen LogP) is 3.92. The van der Waals surface area contributed by atoms with E-state index >= 15 is 0 Å². The monoisotopic (exact) mass is 390 g/mol. The highest BCUT2D eigenvalue weighted by Gasteiger charge is 2.58. The summed E-state index contributed by atoms with van der Waals surface area (Å²) in [5.41, 5.74) is 2.78. The molecule has 146 valence electrons. The molecule has 1 aliphatic heterocycles. The van der Waals surface area contributed by atoms with Gasteiger partial charge in [-0.05, 0) is 48.9 Å². The van der Waals surface area contributed by atoms with Crippen LogP contribution in [-0.2, 0) is 0 Å². The number of halogens is 1. The molecule has 1 aromatic carbocycles. The maximum absolute atomic E-state index is 13.5. The average Bonchev–Trinajstić information content (AvgIpc) is 3.13. The van der Waals surface area contributed by atoms with Crippen molar-refractivity contribution in [2.45, 2.75) is 25.2 Å². The van der Waals surface area contributed by atoms with Gasteiger partial charge in [-0.3, -0.25) is 0 Å². The molecule has 1 atom stereocenters. The quantitative estimate of drug-likeness (QED) is 0.571. The summed E-state index contributed by atoms with van der Waals surface area (Å²) in [5.74, 6) is 2.01. The van der Waals surface area contributed by atoms with Crippen LogP contribution in [0.3, 0.4) is 0 Å². The van der Waals surface area contributed by atoms with Gasteiger partial charge in [-0.25, -0.2) is 14.4 Å². The minimum absolute atomic E-state index is 0.226. The highest BCUT2D eigenvalue weighted by atomic mass is 19.1. The maximum Gasteiger partial charge on any atom is 0.247 e. The van der Waals surface area contributed by atoms with Crippen molar-refractivity contribution in [1.29, 1.82) is 0 Å². The highest BCUT2D eigenvalue weighted by Crippen LogP contribution is 2.64. The van der Waals surface area contributed by atoms with Crippen LogP contribution < -0.4 is 4.90 Å². The summed E-state index contributed by atoms with van der Waals surface area (Å²) in [4.78, 5) is 14.4. The summed E-state index contributed by atoms with van der Waals surface area (Å²) in [6, 6.07) is 8.22. The molecule has 0 amide bonds. The molecule has 4 aromatic rings. The lowest BCUT2D eigenvalue weighted by atomic mass is 9.90. The zero-order valence-electron chi connectivity index (χ0n) is 15.7. The number of hydrogen-bond donors (Lipinski definition) is 1. The molecule has 6 rings (SSSR count). The van der Waals surface area contributed by atoms with Gasteiger partial charge in [0.15, 0.2) is 5.82 Å². The standard InChI is InChI=1S/C21H19FN6O/c22-14-3-1-2-13(10-14)19-26-27-20(29-19)15-11-21(15)5-8-28(9-6-21)18-17-16(4-7-23-17)24-12-25-18/h1-4,7,10,12,15,23H,5-6,8-9,11H2. The van der Waals surface area contributed by atoms with Crippen LogP contribution in [0.4, 0.5) is 10.2 Å². The first kappa shape index (κ1) is 16.6. The Kier molecular flexibility index (Phi) is 3.50. The van der Waals surface area contributed by atoms with E-state index in [2.05, 4.69) is 30.0 Å². The lowest BCUT2D eigenvalue weighted by Crippen LogP contribution is -2.35. The van der Waals surface area contributed by atoms with Gasteiger partial charge in [0.05, 0.1) is 5.52 Å². The second-order valence-corrected chi connectivity index (χ2v) is 8.00. The molecule has 2 fully saturated rings. The lowest BCUT2D eigenvalue weighted by molar-refractivity contribution is 0.352. The Morgan fingerprint density at radius 1 is 1.14 bits per heavy atom. The molecule has 1 aliphatic carbocycles. The van der Waals surface area contributed by atoms with Gasteiger partial charge in [-0.2, -0.15) is 0 Å². The Labute approximate surface area is 166 Å². The maximum atomic E-state index is 13.5. The molecule has 0 radical (unpaired) electrons. The van der Waals surface area contributed by atoms with Crippen LogP contribution >= 0.6 is 0 Å². The fraction of sp³-hybridized carbons (Fsp3) is 0.333. The van der Waals surface area contributed by atoms with E-state index in [9.17, 15) is 4.39 Å². The predicted molar refractivity (Wildman–Crippen MR) is 105 cm³/mol. The number of nitrogens with one attached hydrogen (secondary N) is 1. The minimum Gasteiger partial charge on any atom is -0.420 e. The summed E-state index contributed by atoms with van der Waals surface area (Å²) in [6.45, 7) is 1.87. The Bertz CT molecular complexity index is 1190. The zero-order valence-corrected chi connectivity index (χ0v) is 15.7. The van der Waals surface area contributed by atoms with E-state index < -0.39 is 0 Å². The largest absolute Gasteiger partial charge is 0.420 e. The number of anilines is 1. The molecule has 1 saturated heterocycles. The molecule has 1 spiro atoms. The van der Waals surface area contributed by atoms with Gasteiger partial charge in [0.2, 0.25) is 11.8 Å². The van der Waals surface area contributed by atoms with Crippen molar-refractivity contribution in [2.24, 2.45) is 5.41 Å². The van der Waals surface area contributed by atoms with Gasteiger partial charge in [-0.1, -0.05) is 6.07 Å². The van der Waals surface area contributed by atoms with Crippen LogP contribution in [0.15, 0.2) is 47.3 Å². The topological polar surface area (TPSA) is 83.7 Å². The van der Waals surface area contributed by atoms with Gasteiger partial charge < -0.3 is 14.3 Å². The molecule has 8 heteroatoms. The third-order valence-electron chi connectivity index (χ3n) is 6.38. The van der Waals surface area contributed by atoms with E-state index in [0.717, 1.165) is 49.2 Å². The number of aromatic amines is 1. The molecule has 1 unspecified atom stereocenters. The molecule has 0 bridgehead atoms. The number of aromatic nitrogens is 5. The number of piperidine rings is 1. The van der Waals surface area contributed by atoms with Gasteiger partial charge in [-0.15, -0.1) is 10.2 Å². The molecule has 29 heavy (non-hydrogen) atoms. The van der Waals surface area contributed by atoms with E-state index in [1.54, 1.807) is 18.5 Å². The van der Waals surface area contributed by atoms with Crippen molar-refractivity contribution >= 4 is 16.9 Å². The van der Waals surface area contributed by atoms with Crippen LogP contribution in [0, 0.1) is 11.2 Å². The molecule has 1 N–H and O–H groups in total. The van der Waals surface area contributed by atoms with Gasteiger partial charge in [0.1, 0.15) is 17.7 Å². The third kappa shape index (κ3) is 2.70. The van der Waals surface area contributed by atoms with Crippen molar-refractivity contribution in [3.63, 3.8) is 0 Å². The molecular weight excluding hydrogens is 371 g/mol. The smallest absolute Gasteiger partial charge is 0.247 e. The Morgan fingerprint density at radius 3 is 2.90 bits per heavy atom. The summed E-state index contributed by atoms with van der Waals surface area (Å²) >= 11 is 0. The van der Waals surface area contributed by atoms with Crippen molar-refractivity contribution in [3.05, 3.63) is 54.6 Å². The summed E-state index contributed by atoms with van der Waals surface area (Å²) in [6.07, 6.45) is 6.70. The SMILES string of the molecule is Fc1cccc(-c2nnc(C3CC34CCN(c3ncnc5cc[nH]c35)CC4)o2)c1. The molecule has 7 nitrogen and oxygen atoms in total. The second-order valence-electron chi connectivity index (χ2n) is 8.00. The minimum atomic E-state index is -0.307. The summed E-state index contributed by atoms with van der Waals surface area (Å²) in [7, 11) is 0. The fourth-order valence-electron chi connectivity index (χ4n) is 4.62. The van der Waals surface area contributed by atoms with E-state index in [1.165, 1.54) is 12.1 Å². The highest BCUT2D eigenvalue weighted by molar-refractivity contribution is 5.85. The van der Waals surface area contributed by atoms with Gasteiger partial charge in [0.25, 0.3) is 0 Å². The van der Waals surface area contributed by atoms with Crippen LogP contribution in [0.1, 0.15) is 31.1 Å². The molecule has 1 saturated carbocycles. The fourth-order valence-corrected chi connectivity index (χ4v) is 4.62. The van der Waals surface area contributed by atoms with Gasteiger partial charge >= 0.3 is 0 Å². The first-order valence-electron chi connectivity index (χ1n) is 9.84. The summed E-state index contributed by atoms with van der Waals surface area (Å²) < 4.78 is 19.4. The Balaban J connectivity index is 1.18. The zero-order chi connectivity index (χ0) is 19.4. The van der Waals surface area contributed by atoms with Crippen molar-refractivity contribution in [3.8, 4) is 11.5 Å². The number of rotatable bonds is 3. The van der Waals surface area contributed by atoms with Crippen molar-refractivity contribution in [2.75, 3.05) is 18.0 Å². The first-order chi connectivity index (χ1) is 14.2. The number of benzene rings is 1. The van der Waals surface area contributed by atoms with Crippen LogP contribution in [-0.4, -0.2) is 38.2 Å². The summed E-state index contributed by atoms with van der Waals surface area (Å²) in [5, 5.41) is 8.41. The number of H-pyrrole nitrogens is 1. The Hall–Kier alpha value is -3.29. The van der Waals surface area contributed by atoms with Crippen LogP contribution in [0.25, 0.3) is 22.5 Å². The molecule has 4 heterocycles. The van der Waals surface area contributed by atoms with Crippen molar-refractivity contribution in [1.82, 2.24) is 25.1 Å². The molecular formula is C21H19FN6O. The van der Waals surface area contributed by atoms with E-state index in [-0.39, 0.29) is 17.2 Å². The number of nitrogens with zero attached hydrogens (tertiary/aromatic N) is 5.